The molecule has 2 aromatic heterocycles. The summed E-state index contributed by atoms with van der Waals surface area (Å²) < 4.78 is 2.15. The van der Waals surface area contributed by atoms with E-state index in [4.69, 9.17) is 5.41 Å². The van der Waals surface area contributed by atoms with Gasteiger partial charge in [0.05, 0.1) is 14.9 Å². The lowest BCUT2D eigenvalue weighted by molar-refractivity contribution is -0.384. The molecule has 0 spiro atoms. The molecule has 1 N–H and O–H groups in total. The predicted molar refractivity (Wildman–Crippen MR) is 139 cm³/mol. The molecule has 1 atom stereocenters. The highest BCUT2D eigenvalue weighted by atomic mass is 32.2. The van der Waals surface area contributed by atoms with Crippen LogP contribution in [0.3, 0.4) is 0 Å². The fourth-order valence-corrected chi connectivity index (χ4v) is 6.16. The van der Waals surface area contributed by atoms with Crippen LogP contribution in [0, 0.1) is 22.4 Å². The number of allylic oxidation sites excluding steroid dienone is 1. The summed E-state index contributed by atoms with van der Waals surface area (Å²) in [4.78, 5) is 24.4. The maximum Gasteiger partial charge on any atom is 0.269 e. The van der Waals surface area contributed by atoms with Gasteiger partial charge in [0.1, 0.15) is 15.9 Å². The number of benzene rings is 2. The van der Waals surface area contributed by atoms with Crippen molar-refractivity contribution in [2.75, 3.05) is 0 Å². The average molecular weight is 504 g/mol. The zero-order valence-corrected chi connectivity index (χ0v) is 20.7. The van der Waals surface area contributed by atoms with E-state index in [1.54, 1.807) is 12.1 Å². The van der Waals surface area contributed by atoms with E-state index in [-0.39, 0.29) is 16.5 Å². The van der Waals surface area contributed by atoms with Gasteiger partial charge in [-0.2, -0.15) is 0 Å². The van der Waals surface area contributed by atoms with Crippen LogP contribution in [-0.4, -0.2) is 30.5 Å². The van der Waals surface area contributed by atoms with Crippen LogP contribution in [0.5, 0.6) is 0 Å². The summed E-state index contributed by atoms with van der Waals surface area (Å²) in [6.07, 6.45) is 2.63. The number of rotatable bonds is 6. The molecule has 176 valence electrons. The monoisotopic (exact) mass is 503 g/mol. The van der Waals surface area contributed by atoms with E-state index in [1.807, 2.05) is 44.2 Å². The largest absolute Gasteiger partial charge is 0.340 e. The summed E-state index contributed by atoms with van der Waals surface area (Å²) in [6, 6.07) is 14.5. The van der Waals surface area contributed by atoms with E-state index in [0.29, 0.717) is 16.5 Å². The molecule has 5 rings (SSSR count). The number of non-ortho nitro benzene ring substituents is 1. The second-order valence-electron chi connectivity index (χ2n) is 8.19. The summed E-state index contributed by atoms with van der Waals surface area (Å²) in [6.45, 7) is 4.53. The number of carbonyl (C=O) groups excluding carboxylic acids is 1. The van der Waals surface area contributed by atoms with Crippen molar-refractivity contribution in [2.24, 2.45) is 0 Å². The second-order valence-corrected chi connectivity index (χ2v) is 10.4. The summed E-state index contributed by atoms with van der Waals surface area (Å²) in [5.74, 6) is -0.803. The molecule has 35 heavy (non-hydrogen) atoms. The lowest BCUT2D eigenvalue weighted by Gasteiger charge is -2.09. The van der Waals surface area contributed by atoms with Crippen molar-refractivity contribution in [1.29, 1.82) is 5.41 Å². The third-order valence-corrected chi connectivity index (χ3v) is 8.19. The molecule has 1 saturated heterocycles. The van der Waals surface area contributed by atoms with Crippen molar-refractivity contribution >= 4 is 56.6 Å². The van der Waals surface area contributed by atoms with Crippen LogP contribution >= 0.6 is 23.1 Å². The molecule has 1 fully saturated rings. The van der Waals surface area contributed by atoms with E-state index < -0.39 is 10.8 Å². The fraction of sp³-hybridized carbons (Fsp3) is 0.200. The van der Waals surface area contributed by atoms with Gasteiger partial charge in [0, 0.05) is 40.8 Å². The highest BCUT2D eigenvalue weighted by Gasteiger charge is 2.39. The Morgan fingerprint density at radius 2 is 1.91 bits per heavy atom. The number of nitrogens with zero attached hydrogens (tertiary/aromatic N) is 4. The maximum absolute atomic E-state index is 13.3. The fourth-order valence-electron chi connectivity index (χ4n) is 4.22. The Kier molecular flexibility index (Phi) is 6.08. The number of ketones is 1. The molecule has 2 aromatic carbocycles. The Bertz CT molecular complexity index is 1520. The van der Waals surface area contributed by atoms with Gasteiger partial charge in [-0.3, -0.25) is 20.3 Å². The third kappa shape index (κ3) is 4.19. The lowest BCUT2D eigenvalue weighted by Crippen LogP contribution is -2.11. The van der Waals surface area contributed by atoms with Gasteiger partial charge in [-0.25, -0.2) is 0 Å². The van der Waals surface area contributed by atoms with Crippen LogP contribution in [0.2, 0.25) is 0 Å². The van der Waals surface area contributed by atoms with Crippen molar-refractivity contribution in [1.82, 2.24) is 14.8 Å². The number of nitrogens with one attached hydrogen (secondary N) is 1. The average Bonchev–Trinajstić information content (AvgIpc) is 3.51. The standard InChI is InChI=1S/C25H21N5O3S2/c1-3-21-27-28-25(35-21)22-23(31)20(34-24(22)26)12-18-14(2)29(19-7-5-4-6-17(18)19)13-15-8-10-16(11-9-15)30(32)33/h4-12,22,26H,3,13H2,1-2H3/b20-12-,26-24?/t22-/m0/s1. The first-order valence-electron chi connectivity index (χ1n) is 11.0. The molecule has 1 aliphatic heterocycles. The topological polar surface area (TPSA) is 115 Å². The summed E-state index contributed by atoms with van der Waals surface area (Å²) in [5, 5.41) is 30.4. The molecule has 0 aliphatic carbocycles. The first-order valence-corrected chi connectivity index (χ1v) is 12.7. The zero-order valence-electron chi connectivity index (χ0n) is 19.0. The minimum atomic E-state index is -0.683. The van der Waals surface area contributed by atoms with E-state index >= 15 is 0 Å². The van der Waals surface area contributed by atoms with Crippen molar-refractivity contribution < 1.29 is 9.72 Å². The molecule has 4 aromatic rings. The maximum atomic E-state index is 13.3. The molecule has 0 unspecified atom stereocenters. The number of Topliss-reactive ketones (excluding diaryl/α,β-unsaturated/α-hetero) is 1. The molecule has 10 heteroatoms. The number of aryl methyl sites for hydroxylation is 1. The third-order valence-electron chi connectivity index (χ3n) is 6.06. The van der Waals surface area contributed by atoms with Gasteiger partial charge in [-0.1, -0.05) is 49.0 Å². The Morgan fingerprint density at radius 3 is 2.60 bits per heavy atom. The minimum absolute atomic E-state index is 0.0588. The molecule has 1 aliphatic rings. The number of thioether (sulfide) groups is 1. The first kappa shape index (κ1) is 23.1. The Balaban J connectivity index is 1.52. The van der Waals surface area contributed by atoms with Crippen molar-refractivity contribution in [3.05, 3.63) is 90.4 Å². The number of nitro benzene ring substituents is 1. The van der Waals surface area contributed by atoms with Gasteiger partial charge < -0.3 is 4.57 Å². The Morgan fingerprint density at radius 1 is 1.17 bits per heavy atom. The number of nitro groups is 1. The lowest BCUT2D eigenvalue weighted by atomic mass is 10.0. The Hall–Kier alpha value is -3.63. The SMILES string of the molecule is CCc1nnc([C@@H]2C(=N)S/C(=C\c3c(C)n(Cc4ccc([N+](=O)[O-])cc4)c4ccccc34)C2=O)s1. The van der Waals surface area contributed by atoms with Crippen molar-refractivity contribution in [2.45, 2.75) is 32.7 Å². The van der Waals surface area contributed by atoms with Gasteiger partial charge in [-0.05, 0) is 31.1 Å². The molecule has 0 amide bonds. The number of carbonyl (C=O) groups is 1. The number of hydrogen-bond donors (Lipinski definition) is 1. The van der Waals surface area contributed by atoms with Crippen LogP contribution in [0.15, 0.2) is 53.4 Å². The van der Waals surface area contributed by atoms with Crippen LogP contribution < -0.4 is 0 Å². The van der Waals surface area contributed by atoms with Crippen molar-refractivity contribution in [3.8, 4) is 0 Å². The summed E-state index contributed by atoms with van der Waals surface area (Å²) >= 11 is 2.57. The number of para-hydroxylation sites is 1. The van der Waals surface area contributed by atoms with E-state index in [1.165, 1.54) is 35.2 Å². The molecule has 0 saturated carbocycles. The molecule has 0 bridgehead atoms. The minimum Gasteiger partial charge on any atom is -0.340 e. The normalized spacial score (nSPS) is 17.1. The molecular formula is C25H21N5O3S2. The molecule has 0 radical (unpaired) electrons. The number of fused-ring (bicyclic) bond motifs is 1. The van der Waals surface area contributed by atoms with E-state index in [2.05, 4.69) is 14.8 Å². The van der Waals surface area contributed by atoms with Gasteiger partial charge in [-0.15, -0.1) is 21.5 Å². The Labute approximate surface area is 209 Å². The smallest absolute Gasteiger partial charge is 0.269 e. The van der Waals surface area contributed by atoms with Crippen molar-refractivity contribution in [3.63, 3.8) is 0 Å². The summed E-state index contributed by atoms with van der Waals surface area (Å²) in [7, 11) is 0. The molecule has 8 nitrogen and oxygen atoms in total. The molecule has 3 heterocycles. The molecular weight excluding hydrogens is 482 g/mol. The predicted octanol–water partition coefficient (Wildman–Crippen LogP) is 5.74. The van der Waals surface area contributed by atoms with Crippen LogP contribution in [0.4, 0.5) is 5.69 Å². The number of aromatic nitrogens is 3. The highest BCUT2D eigenvalue weighted by molar-refractivity contribution is 8.19. The zero-order chi connectivity index (χ0) is 24.7. The van der Waals surface area contributed by atoms with Gasteiger partial charge >= 0.3 is 0 Å². The highest BCUT2D eigenvalue weighted by Crippen LogP contribution is 2.42. The number of hydrogen-bond acceptors (Lipinski definition) is 8. The van der Waals surface area contributed by atoms with Crippen LogP contribution in [0.25, 0.3) is 17.0 Å². The van der Waals surface area contributed by atoms with Gasteiger partial charge in [0.2, 0.25) is 0 Å². The van der Waals surface area contributed by atoms with Crippen LogP contribution in [-0.2, 0) is 17.8 Å². The second kappa shape index (κ2) is 9.20. The summed E-state index contributed by atoms with van der Waals surface area (Å²) in [5.41, 5.74) is 3.91. The quantitative estimate of drug-likeness (QED) is 0.204. The van der Waals surface area contributed by atoms with Gasteiger partial charge in [0.15, 0.2) is 5.78 Å². The van der Waals surface area contributed by atoms with E-state index in [9.17, 15) is 14.9 Å². The van der Waals surface area contributed by atoms with Crippen LogP contribution in [0.1, 0.15) is 39.7 Å². The van der Waals surface area contributed by atoms with Gasteiger partial charge in [0.25, 0.3) is 5.69 Å². The van der Waals surface area contributed by atoms with E-state index in [0.717, 1.165) is 39.2 Å². The first-order chi connectivity index (χ1) is 16.9.